The zero-order chi connectivity index (χ0) is 25.4. The number of carbonyl (C=O) groups excluding carboxylic acids is 1. The van der Waals surface area contributed by atoms with Crippen molar-refractivity contribution in [2.45, 2.75) is 85.1 Å². The maximum absolute atomic E-state index is 12.3. The van der Waals surface area contributed by atoms with Crippen LogP contribution in [0.2, 0.25) is 0 Å². The Kier molecular flexibility index (Phi) is 7.02. The molecule has 4 nitrogen and oxygen atoms in total. The number of amides is 1. The molecule has 0 aliphatic rings. The number of carbonyl (C=O) groups is 1. The minimum atomic E-state index is -0.418. The number of nitrogens with zero attached hydrogens (tertiary/aromatic N) is 1. The number of benzene rings is 2. The summed E-state index contributed by atoms with van der Waals surface area (Å²) in [6.07, 6.45) is 1.88. The summed E-state index contributed by atoms with van der Waals surface area (Å²) in [5, 5.41) is 11.2. The van der Waals surface area contributed by atoms with E-state index >= 15 is 0 Å². The quantitative estimate of drug-likeness (QED) is 0.413. The molecule has 2 aromatic carbocycles. The fourth-order valence-corrected chi connectivity index (χ4v) is 4.74. The van der Waals surface area contributed by atoms with Gasteiger partial charge in [0.25, 0.3) is 5.91 Å². The van der Waals surface area contributed by atoms with Gasteiger partial charge >= 0.3 is 0 Å². The van der Waals surface area contributed by atoms with Gasteiger partial charge in [0.2, 0.25) is 0 Å². The Hall–Kier alpha value is -3.01. The normalized spacial score (nSPS) is 13.2. The van der Waals surface area contributed by atoms with Gasteiger partial charge in [0, 0.05) is 28.6 Å². The first kappa shape index (κ1) is 25.6. The minimum Gasteiger partial charge on any atom is -0.507 e. The van der Waals surface area contributed by atoms with Gasteiger partial charge in [0.15, 0.2) is 0 Å². The monoisotopic (exact) mass is 460 g/mol. The van der Waals surface area contributed by atoms with Crippen molar-refractivity contribution in [3.05, 3.63) is 76.5 Å². The number of nitrogens with two attached hydrogens (primary N) is 1. The lowest BCUT2D eigenvalue weighted by atomic mass is 9.78. The second kappa shape index (κ2) is 9.32. The Morgan fingerprint density at radius 3 is 1.97 bits per heavy atom. The second-order valence-electron chi connectivity index (χ2n) is 11.6. The molecule has 0 bridgehead atoms. The number of aromatic hydroxyl groups is 1. The van der Waals surface area contributed by atoms with Gasteiger partial charge in [-0.05, 0) is 66.8 Å². The van der Waals surface area contributed by atoms with E-state index in [0.717, 1.165) is 40.9 Å². The first-order chi connectivity index (χ1) is 15.7. The van der Waals surface area contributed by atoms with Crippen molar-refractivity contribution >= 4 is 5.91 Å². The summed E-state index contributed by atoms with van der Waals surface area (Å²) >= 11 is 0. The molecule has 182 valence electrons. The summed E-state index contributed by atoms with van der Waals surface area (Å²) in [6.45, 7) is 16.8. The predicted octanol–water partition coefficient (Wildman–Crippen LogP) is 7.06. The molecular formula is C30H40N2O2. The Labute approximate surface area is 204 Å². The Balaban J connectivity index is 2.19. The molecule has 1 atom stereocenters. The highest BCUT2D eigenvalue weighted by molar-refractivity contribution is 5.95. The fourth-order valence-electron chi connectivity index (χ4n) is 4.74. The zero-order valence-corrected chi connectivity index (χ0v) is 22.0. The largest absolute Gasteiger partial charge is 0.507 e. The highest BCUT2D eigenvalue weighted by Crippen LogP contribution is 2.43. The summed E-state index contributed by atoms with van der Waals surface area (Å²) in [5.41, 5.74) is 11.8. The number of rotatable bonds is 6. The first-order valence-corrected chi connectivity index (χ1v) is 12.2. The molecule has 0 aliphatic carbocycles. The summed E-state index contributed by atoms with van der Waals surface area (Å²) in [6, 6.07) is 16.7. The lowest BCUT2D eigenvalue weighted by Crippen LogP contribution is -2.18. The van der Waals surface area contributed by atoms with E-state index in [9.17, 15) is 9.90 Å². The maximum Gasteiger partial charge on any atom is 0.250 e. The highest BCUT2D eigenvalue weighted by Gasteiger charge is 2.28. The van der Waals surface area contributed by atoms with E-state index in [1.807, 2.05) is 19.1 Å². The predicted molar refractivity (Wildman–Crippen MR) is 142 cm³/mol. The van der Waals surface area contributed by atoms with Crippen molar-refractivity contribution in [2.24, 2.45) is 5.73 Å². The Morgan fingerprint density at radius 1 is 0.971 bits per heavy atom. The summed E-state index contributed by atoms with van der Waals surface area (Å²) < 4.78 is 2.24. The third-order valence-electron chi connectivity index (χ3n) is 6.71. The van der Waals surface area contributed by atoms with Gasteiger partial charge < -0.3 is 15.4 Å². The number of hydrogen-bond donors (Lipinski definition) is 2. The number of hydrogen-bond acceptors (Lipinski definition) is 2. The number of phenolic OH excluding ortho intramolecular Hbond substituents is 1. The van der Waals surface area contributed by atoms with Crippen LogP contribution in [0, 0.1) is 6.92 Å². The number of primary amides is 1. The van der Waals surface area contributed by atoms with Crippen molar-refractivity contribution in [1.29, 1.82) is 0 Å². The van der Waals surface area contributed by atoms with Crippen LogP contribution in [0.5, 0.6) is 5.75 Å². The van der Waals surface area contributed by atoms with Crippen LogP contribution in [0.25, 0.3) is 11.3 Å². The van der Waals surface area contributed by atoms with Crippen molar-refractivity contribution in [3.8, 4) is 17.0 Å². The van der Waals surface area contributed by atoms with Gasteiger partial charge in [-0.1, -0.05) is 71.9 Å². The van der Waals surface area contributed by atoms with E-state index in [0.29, 0.717) is 11.3 Å². The summed E-state index contributed by atoms with van der Waals surface area (Å²) in [7, 11) is 0. The smallest absolute Gasteiger partial charge is 0.250 e. The van der Waals surface area contributed by atoms with Crippen LogP contribution in [0.15, 0.2) is 48.5 Å². The zero-order valence-electron chi connectivity index (χ0n) is 22.0. The van der Waals surface area contributed by atoms with Gasteiger partial charge in [-0.3, -0.25) is 4.79 Å². The van der Waals surface area contributed by atoms with Gasteiger partial charge in [0.05, 0.1) is 5.56 Å². The Bertz CT molecular complexity index is 1140. The molecule has 1 amide bonds. The number of aryl methyl sites for hydroxylation is 1. The number of aromatic nitrogens is 1. The molecule has 3 rings (SSSR count). The lowest BCUT2D eigenvalue weighted by molar-refractivity contribution is 0.0999. The van der Waals surface area contributed by atoms with E-state index in [4.69, 9.17) is 5.73 Å². The van der Waals surface area contributed by atoms with Gasteiger partial charge in [-0.2, -0.15) is 0 Å². The lowest BCUT2D eigenvalue weighted by Gasteiger charge is -2.29. The van der Waals surface area contributed by atoms with Crippen molar-refractivity contribution in [2.75, 3.05) is 0 Å². The molecule has 1 aromatic heterocycles. The molecule has 4 heteroatoms. The first-order valence-electron chi connectivity index (χ1n) is 12.2. The number of phenols is 1. The molecule has 3 N–H and O–H groups in total. The third kappa shape index (κ3) is 5.22. The van der Waals surface area contributed by atoms with Crippen molar-refractivity contribution in [3.63, 3.8) is 0 Å². The van der Waals surface area contributed by atoms with Crippen LogP contribution in [0.1, 0.15) is 93.7 Å². The SMILES string of the molecule is Cc1c(C(N)=O)cc(-c2cc(C(C)(C)C)c(O)c(C(C)(C)C)c2)n1C(C)CCc1ccccc1. The van der Waals surface area contributed by atoms with E-state index in [-0.39, 0.29) is 16.9 Å². The van der Waals surface area contributed by atoms with Crippen molar-refractivity contribution < 1.29 is 9.90 Å². The highest BCUT2D eigenvalue weighted by atomic mass is 16.3. The average molecular weight is 461 g/mol. The van der Waals surface area contributed by atoms with Crippen LogP contribution < -0.4 is 5.73 Å². The molecule has 1 heterocycles. The van der Waals surface area contributed by atoms with Crippen LogP contribution in [-0.4, -0.2) is 15.6 Å². The molecular weight excluding hydrogens is 420 g/mol. The van der Waals surface area contributed by atoms with Crippen LogP contribution in [0.4, 0.5) is 0 Å². The molecule has 0 aliphatic heterocycles. The van der Waals surface area contributed by atoms with E-state index in [1.165, 1.54) is 5.56 Å². The third-order valence-corrected chi connectivity index (χ3v) is 6.71. The summed E-state index contributed by atoms with van der Waals surface area (Å²) in [4.78, 5) is 12.3. The van der Waals surface area contributed by atoms with E-state index < -0.39 is 5.91 Å². The van der Waals surface area contributed by atoms with Gasteiger partial charge in [-0.25, -0.2) is 0 Å². The average Bonchev–Trinajstić information content (AvgIpc) is 3.08. The summed E-state index contributed by atoms with van der Waals surface area (Å²) in [5.74, 6) is -0.0653. The van der Waals surface area contributed by atoms with E-state index in [1.54, 1.807) is 0 Å². The molecule has 0 spiro atoms. The van der Waals surface area contributed by atoms with Gasteiger partial charge in [-0.15, -0.1) is 0 Å². The molecule has 3 aromatic rings. The van der Waals surface area contributed by atoms with E-state index in [2.05, 4.69) is 89.4 Å². The second-order valence-corrected chi connectivity index (χ2v) is 11.6. The standard InChI is InChI=1S/C30H40N2O2/c1-19(14-15-21-12-10-9-11-13-21)32-20(2)23(28(31)34)18-26(32)22-16-24(29(3,4)5)27(33)25(17-22)30(6,7)8/h9-13,16-19,33H,14-15H2,1-8H3,(H2,31,34). The molecule has 0 fully saturated rings. The van der Waals surface area contributed by atoms with Crippen LogP contribution >= 0.6 is 0 Å². The molecule has 0 saturated carbocycles. The Morgan fingerprint density at radius 2 is 1.50 bits per heavy atom. The van der Waals surface area contributed by atoms with Crippen molar-refractivity contribution in [1.82, 2.24) is 4.57 Å². The topological polar surface area (TPSA) is 68.2 Å². The van der Waals surface area contributed by atoms with Crippen LogP contribution in [-0.2, 0) is 17.3 Å². The maximum atomic E-state index is 12.3. The molecule has 0 saturated heterocycles. The van der Waals surface area contributed by atoms with Crippen LogP contribution in [0.3, 0.4) is 0 Å². The molecule has 0 radical (unpaired) electrons. The minimum absolute atomic E-state index is 0.160. The van der Waals surface area contributed by atoms with Gasteiger partial charge in [0.1, 0.15) is 5.75 Å². The molecule has 34 heavy (non-hydrogen) atoms. The fraction of sp³-hybridized carbons (Fsp3) is 0.433. The molecule has 1 unspecified atom stereocenters.